The summed E-state index contributed by atoms with van der Waals surface area (Å²) in [6.45, 7) is 3.44. The number of nitrogens with one attached hydrogen (secondary N) is 1. The summed E-state index contributed by atoms with van der Waals surface area (Å²) in [6.07, 6.45) is 3.45. The average molecular weight is 289 g/mol. The van der Waals surface area contributed by atoms with Crippen LogP contribution in [0.25, 0.3) is 0 Å². The Morgan fingerprint density at radius 1 is 1.38 bits per heavy atom. The summed E-state index contributed by atoms with van der Waals surface area (Å²) in [5.74, 6) is 0.656. The second kappa shape index (κ2) is 7.54. The monoisotopic (exact) mass is 288 g/mol. The summed E-state index contributed by atoms with van der Waals surface area (Å²) in [7, 11) is 3.77. The molecule has 0 amide bonds. The van der Waals surface area contributed by atoms with Crippen LogP contribution in [0, 0.1) is 0 Å². The standard InChI is InChI=1S/C10H17BrN4O/c1-15(5-6-16-2)4-3-12-10-13-7-9(11)8-14-10/h7-8H,3-6H2,1-2H3,(H,12,13,14). The molecule has 0 radical (unpaired) electrons. The zero-order chi connectivity index (χ0) is 11.8. The van der Waals surface area contributed by atoms with Crippen molar-refractivity contribution in [3.63, 3.8) is 0 Å². The van der Waals surface area contributed by atoms with Crippen molar-refractivity contribution >= 4 is 21.9 Å². The highest BCUT2D eigenvalue weighted by Gasteiger charge is 1.98. The van der Waals surface area contributed by atoms with Crippen LogP contribution in [0.5, 0.6) is 0 Å². The molecule has 0 atom stereocenters. The summed E-state index contributed by atoms with van der Waals surface area (Å²) >= 11 is 3.29. The Hall–Kier alpha value is -0.720. The van der Waals surface area contributed by atoms with Gasteiger partial charge in [0, 0.05) is 39.1 Å². The predicted molar refractivity (Wildman–Crippen MR) is 67.6 cm³/mol. The van der Waals surface area contributed by atoms with E-state index in [0.717, 1.165) is 30.7 Å². The van der Waals surface area contributed by atoms with Crippen LogP contribution in [-0.4, -0.2) is 55.3 Å². The molecule has 0 aliphatic carbocycles. The van der Waals surface area contributed by atoms with Crippen molar-refractivity contribution < 1.29 is 4.74 Å². The fraction of sp³-hybridized carbons (Fsp3) is 0.600. The van der Waals surface area contributed by atoms with Crippen LogP contribution in [0.4, 0.5) is 5.95 Å². The molecule has 0 fully saturated rings. The molecule has 0 saturated carbocycles. The molecular formula is C10H17BrN4O. The third-order valence-electron chi connectivity index (χ3n) is 2.07. The van der Waals surface area contributed by atoms with Gasteiger partial charge in [0.25, 0.3) is 0 Å². The zero-order valence-corrected chi connectivity index (χ0v) is 11.2. The minimum absolute atomic E-state index is 0.656. The van der Waals surface area contributed by atoms with Gasteiger partial charge in [-0.3, -0.25) is 0 Å². The lowest BCUT2D eigenvalue weighted by atomic mass is 10.5. The first kappa shape index (κ1) is 13.3. The minimum atomic E-state index is 0.656. The van der Waals surface area contributed by atoms with Crippen molar-refractivity contribution in [2.75, 3.05) is 45.7 Å². The Bertz CT molecular complexity index is 293. The van der Waals surface area contributed by atoms with E-state index in [9.17, 15) is 0 Å². The van der Waals surface area contributed by atoms with Crippen LogP contribution >= 0.6 is 15.9 Å². The van der Waals surface area contributed by atoms with Crippen LogP contribution in [-0.2, 0) is 4.74 Å². The maximum absolute atomic E-state index is 5.00. The summed E-state index contributed by atoms with van der Waals surface area (Å²) in [5, 5.41) is 3.15. The molecule has 1 rings (SSSR count). The fourth-order valence-electron chi connectivity index (χ4n) is 1.12. The first-order chi connectivity index (χ1) is 7.72. The van der Waals surface area contributed by atoms with Gasteiger partial charge in [-0.25, -0.2) is 9.97 Å². The average Bonchev–Trinajstić information content (AvgIpc) is 2.29. The van der Waals surface area contributed by atoms with E-state index in [0.29, 0.717) is 5.95 Å². The lowest BCUT2D eigenvalue weighted by molar-refractivity contribution is 0.163. The predicted octanol–water partition coefficient (Wildman–Crippen LogP) is 1.23. The molecule has 0 unspecified atom stereocenters. The smallest absolute Gasteiger partial charge is 0.222 e. The van der Waals surface area contributed by atoms with Gasteiger partial charge in [-0.2, -0.15) is 0 Å². The van der Waals surface area contributed by atoms with Crippen molar-refractivity contribution in [1.29, 1.82) is 0 Å². The number of methoxy groups -OCH3 is 1. The van der Waals surface area contributed by atoms with Crippen LogP contribution in [0.2, 0.25) is 0 Å². The third-order valence-corrected chi connectivity index (χ3v) is 2.48. The molecule has 1 aromatic rings. The Morgan fingerprint density at radius 3 is 2.69 bits per heavy atom. The molecule has 1 N–H and O–H groups in total. The van der Waals surface area contributed by atoms with Gasteiger partial charge >= 0.3 is 0 Å². The molecule has 16 heavy (non-hydrogen) atoms. The normalized spacial score (nSPS) is 10.8. The topological polar surface area (TPSA) is 50.3 Å². The van der Waals surface area contributed by atoms with Gasteiger partial charge in [-0.1, -0.05) is 0 Å². The maximum Gasteiger partial charge on any atom is 0.222 e. The van der Waals surface area contributed by atoms with Crippen molar-refractivity contribution in [2.24, 2.45) is 0 Å². The van der Waals surface area contributed by atoms with Crippen molar-refractivity contribution in [3.05, 3.63) is 16.9 Å². The maximum atomic E-state index is 5.00. The Kier molecular flexibility index (Phi) is 6.29. The molecule has 90 valence electrons. The lowest BCUT2D eigenvalue weighted by Gasteiger charge is -2.15. The number of nitrogens with zero attached hydrogens (tertiary/aromatic N) is 3. The molecule has 6 heteroatoms. The van der Waals surface area contributed by atoms with Gasteiger partial charge in [0.15, 0.2) is 0 Å². The van der Waals surface area contributed by atoms with Gasteiger partial charge in [-0.15, -0.1) is 0 Å². The minimum Gasteiger partial charge on any atom is -0.383 e. The highest BCUT2D eigenvalue weighted by molar-refractivity contribution is 9.10. The largest absolute Gasteiger partial charge is 0.383 e. The van der Waals surface area contributed by atoms with E-state index in [1.165, 1.54) is 0 Å². The first-order valence-corrected chi connectivity index (χ1v) is 5.90. The SMILES string of the molecule is COCCN(C)CCNc1ncc(Br)cn1. The summed E-state index contributed by atoms with van der Waals surface area (Å²) < 4.78 is 5.88. The molecule has 5 nitrogen and oxygen atoms in total. The third kappa shape index (κ3) is 5.39. The van der Waals surface area contributed by atoms with Gasteiger partial charge in [-0.05, 0) is 23.0 Å². The summed E-state index contributed by atoms with van der Waals surface area (Å²) in [5.41, 5.74) is 0. The van der Waals surface area contributed by atoms with E-state index in [1.807, 2.05) is 0 Å². The number of hydrogen-bond donors (Lipinski definition) is 1. The highest BCUT2D eigenvalue weighted by atomic mass is 79.9. The summed E-state index contributed by atoms with van der Waals surface area (Å²) in [4.78, 5) is 10.4. The second-order valence-electron chi connectivity index (χ2n) is 3.45. The fourth-order valence-corrected chi connectivity index (χ4v) is 1.33. The number of anilines is 1. The molecule has 0 aromatic carbocycles. The van der Waals surface area contributed by atoms with Crippen LogP contribution in [0.15, 0.2) is 16.9 Å². The van der Waals surface area contributed by atoms with E-state index >= 15 is 0 Å². The van der Waals surface area contributed by atoms with E-state index in [-0.39, 0.29) is 0 Å². The summed E-state index contributed by atoms with van der Waals surface area (Å²) in [6, 6.07) is 0. The number of halogens is 1. The zero-order valence-electron chi connectivity index (χ0n) is 9.61. The first-order valence-electron chi connectivity index (χ1n) is 5.11. The molecule has 0 aliphatic heterocycles. The van der Waals surface area contributed by atoms with Crippen LogP contribution < -0.4 is 5.32 Å². The number of aromatic nitrogens is 2. The van der Waals surface area contributed by atoms with Crippen molar-refractivity contribution in [3.8, 4) is 0 Å². The number of rotatable bonds is 7. The van der Waals surface area contributed by atoms with Gasteiger partial charge in [0.05, 0.1) is 11.1 Å². The number of likely N-dealkylation sites (N-methyl/N-ethyl adjacent to an activating group) is 1. The van der Waals surface area contributed by atoms with E-state index < -0.39 is 0 Å². The molecule has 0 spiro atoms. The second-order valence-corrected chi connectivity index (χ2v) is 4.36. The number of ether oxygens (including phenoxy) is 1. The Morgan fingerprint density at radius 2 is 2.06 bits per heavy atom. The Labute approximate surface area is 104 Å². The van der Waals surface area contributed by atoms with Gasteiger partial charge in [0.1, 0.15) is 0 Å². The molecule has 0 aliphatic rings. The molecule has 0 saturated heterocycles. The van der Waals surface area contributed by atoms with E-state index in [1.54, 1.807) is 19.5 Å². The molecule has 1 heterocycles. The van der Waals surface area contributed by atoms with Crippen LogP contribution in [0.1, 0.15) is 0 Å². The lowest BCUT2D eigenvalue weighted by Crippen LogP contribution is -2.28. The molecular weight excluding hydrogens is 272 g/mol. The molecule has 1 aromatic heterocycles. The van der Waals surface area contributed by atoms with Crippen molar-refractivity contribution in [1.82, 2.24) is 14.9 Å². The van der Waals surface area contributed by atoms with Gasteiger partial charge in [0.2, 0.25) is 5.95 Å². The highest BCUT2D eigenvalue weighted by Crippen LogP contribution is 2.06. The Balaban J connectivity index is 2.17. The van der Waals surface area contributed by atoms with Gasteiger partial charge < -0.3 is 15.0 Å². The van der Waals surface area contributed by atoms with Crippen LogP contribution in [0.3, 0.4) is 0 Å². The number of hydrogen-bond acceptors (Lipinski definition) is 5. The van der Waals surface area contributed by atoms with Crippen molar-refractivity contribution in [2.45, 2.75) is 0 Å². The van der Waals surface area contributed by atoms with E-state index in [4.69, 9.17) is 4.74 Å². The quantitative estimate of drug-likeness (QED) is 0.818. The van der Waals surface area contributed by atoms with E-state index in [2.05, 4.69) is 43.2 Å². The molecule has 0 bridgehead atoms.